The minimum absolute atomic E-state index is 0.697. The maximum atomic E-state index is 4.81. The Bertz CT molecular complexity index is 31.5. The summed E-state index contributed by atoms with van der Waals surface area (Å²) in [5.74, 6) is 0. The van der Waals surface area contributed by atoms with E-state index in [1.54, 1.807) is 0 Å². The zero-order valence-electron chi connectivity index (χ0n) is 4.97. The van der Waals surface area contributed by atoms with Crippen LogP contribution in [0.25, 0.3) is 0 Å². The van der Waals surface area contributed by atoms with E-state index in [2.05, 4.69) is 18.8 Å². The summed E-state index contributed by atoms with van der Waals surface area (Å²) >= 11 is 0. The molecule has 2 nitrogen and oxygen atoms in total. The van der Waals surface area contributed by atoms with Gasteiger partial charge in [-0.25, -0.2) is 4.74 Å². The molecule has 0 fully saturated rings. The third-order valence-electron chi connectivity index (χ3n) is 0.696. The summed E-state index contributed by atoms with van der Waals surface area (Å²) in [4.78, 5) is 0. The summed E-state index contributed by atoms with van der Waals surface area (Å²) in [6.45, 7) is 6.29. The highest BCUT2D eigenvalue weighted by atomic mass is 16.5. The van der Waals surface area contributed by atoms with E-state index in [0.29, 0.717) is 6.61 Å². The fourth-order valence-corrected chi connectivity index (χ4v) is 0.343. The molecule has 0 atom stereocenters. The van der Waals surface area contributed by atoms with Crippen LogP contribution in [0.1, 0.15) is 6.42 Å². The van der Waals surface area contributed by atoms with Crippen molar-refractivity contribution in [3.63, 3.8) is 0 Å². The highest BCUT2D eigenvalue weighted by Crippen LogP contribution is 1.83. The lowest BCUT2D eigenvalue weighted by atomic mass is 10.5. The van der Waals surface area contributed by atoms with Gasteiger partial charge in [-0.1, -0.05) is 7.11 Å². The average molecular weight is 116 g/mol. The van der Waals surface area contributed by atoms with Crippen molar-refractivity contribution in [1.82, 2.24) is 0 Å². The normalized spacial score (nSPS) is 9.25. The van der Waals surface area contributed by atoms with Crippen LogP contribution >= 0.6 is 0 Å². The quantitative estimate of drug-likeness (QED) is 0.294. The molecule has 8 heavy (non-hydrogen) atoms. The van der Waals surface area contributed by atoms with Gasteiger partial charge in [0.05, 0.1) is 6.61 Å². The summed E-state index contributed by atoms with van der Waals surface area (Å²) in [6.07, 6.45) is 0.926. The van der Waals surface area contributed by atoms with Gasteiger partial charge < -0.3 is 4.74 Å². The topological polar surface area (TPSA) is 22.0 Å². The molecule has 0 aliphatic rings. The molecule has 0 spiro atoms. The van der Waals surface area contributed by atoms with Crippen LogP contribution in [0.15, 0.2) is 0 Å². The van der Waals surface area contributed by atoms with E-state index in [-0.39, 0.29) is 0 Å². The zero-order chi connectivity index (χ0) is 6.24. The van der Waals surface area contributed by atoms with Gasteiger partial charge in [0.1, 0.15) is 13.2 Å². The number of ether oxygens (including phenoxy) is 2. The van der Waals surface area contributed by atoms with Crippen LogP contribution in [-0.4, -0.2) is 18.0 Å². The van der Waals surface area contributed by atoms with Crippen LogP contribution in [0.3, 0.4) is 0 Å². The fraction of sp³-hybridized carbons (Fsp3) is 0.500. The zero-order valence-corrected chi connectivity index (χ0v) is 4.97. The Kier molecular flexibility index (Phi) is 6.61. The lowest BCUT2D eigenvalue weighted by Gasteiger charge is -1.96. The second-order valence-corrected chi connectivity index (χ2v) is 1.34. The Morgan fingerprint density at radius 3 is 2.88 bits per heavy atom. The van der Waals surface area contributed by atoms with E-state index < -0.39 is 0 Å². The summed E-state index contributed by atoms with van der Waals surface area (Å²) in [5, 5.41) is 0. The van der Waals surface area contributed by atoms with E-state index in [4.69, 9.17) is 4.74 Å². The van der Waals surface area contributed by atoms with Gasteiger partial charge in [-0.2, -0.15) is 0 Å². The van der Waals surface area contributed by atoms with Crippen LogP contribution in [0.4, 0.5) is 0 Å². The summed E-state index contributed by atoms with van der Waals surface area (Å²) < 4.78 is 8.45. The summed E-state index contributed by atoms with van der Waals surface area (Å²) in [7, 11) is 3.33. The second-order valence-electron chi connectivity index (χ2n) is 1.34. The lowest BCUT2D eigenvalue weighted by molar-refractivity contribution is 0.0403. The van der Waals surface area contributed by atoms with E-state index >= 15 is 0 Å². The van der Waals surface area contributed by atoms with Crippen molar-refractivity contribution in [2.75, 3.05) is 13.2 Å². The second kappa shape index (κ2) is 6.79. The van der Waals surface area contributed by atoms with Gasteiger partial charge in [0, 0.05) is 6.42 Å². The highest BCUT2D eigenvalue weighted by Gasteiger charge is 1.87. The van der Waals surface area contributed by atoms with Crippen molar-refractivity contribution < 1.29 is 9.47 Å². The molecule has 2 heteroatoms. The van der Waals surface area contributed by atoms with E-state index in [1.807, 2.05) is 0 Å². The molecule has 0 radical (unpaired) electrons. The van der Waals surface area contributed by atoms with Crippen LogP contribution in [0.2, 0.25) is 0 Å². The van der Waals surface area contributed by atoms with Gasteiger partial charge in [-0.05, 0) is 0 Å². The van der Waals surface area contributed by atoms with E-state index in [1.165, 1.54) is 6.61 Å². The molecular weight excluding hydrogens is 104 g/mol. The average Bonchev–Trinajstić information content (AvgIpc) is 1.81. The molecule has 0 saturated carbocycles. The highest BCUT2D eigenvalue weighted by molar-refractivity contribution is 4.48. The first-order valence-electron chi connectivity index (χ1n) is 2.57. The molecule has 48 valence electrons. The third kappa shape index (κ3) is 5.79. The molecule has 0 aliphatic carbocycles. The third-order valence-corrected chi connectivity index (χ3v) is 0.696. The molecule has 0 rings (SSSR count). The van der Waals surface area contributed by atoms with Gasteiger partial charge in [0.15, 0.2) is 0 Å². The smallest absolute Gasteiger partial charge is 0.121 e. The minimum atomic E-state index is 0.697. The molecule has 0 unspecified atom stereocenters. The summed E-state index contributed by atoms with van der Waals surface area (Å²) in [6, 6.07) is 0. The first-order valence-corrected chi connectivity index (χ1v) is 2.57. The first kappa shape index (κ1) is 7.79. The predicted octanol–water partition coefficient (Wildman–Crippen LogP) is 0.709. The summed E-state index contributed by atoms with van der Waals surface area (Å²) in [5.41, 5.74) is 0. The van der Waals surface area contributed by atoms with Crippen molar-refractivity contribution in [2.24, 2.45) is 0 Å². The van der Waals surface area contributed by atoms with Gasteiger partial charge >= 0.3 is 0 Å². The Labute approximate surface area is 50.8 Å². The Hall–Kier alpha value is -0.210. The molecule has 0 heterocycles. The van der Waals surface area contributed by atoms with Gasteiger partial charge in [-0.15, -0.1) is 6.92 Å². The van der Waals surface area contributed by atoms with Crippen molar-refractivity contribution in [2.45, 2.75) is 6.42 Å². The fourth-order valence-electron chi connectivity index (χ4n) is 0.343. The van der Waals surface area contributed by atoms with Crippen LogP contribution in [0, 0.1) is 20.6 Å². The van der Waals surface area contributed by atoms with Crippen LogP contribution in [-0.2, 0) is 4.74 Å². The molecule has 1 N–H and O–H groups in total. The number of rotatable bonds is 5. The predicted molar refractivity (Wildman–Crippen MR) is 32.7 cm³/mol. The SMILES string of the molecule is [CH2-][CH+]OCCC[OH+][CH2-]. The lowest BCUT2D eigenvalue weighted by Crippen LogP contribution is -1.97. The number of hydrogen-bond donors (Lipinski definition) is 0. The Morgan fingerprint density at radius 1 is 1.62 bits per heavy atom. The van der Waals surface area contributed by atoms with E-state index in [9.17, 15) is 0 Å². The molecule has 0 aliphatic heterocycles. The molecule has 0 bridgehead atoms. The largest absolute Gasteiger partial charge is 0.582 e. The monoisotopic (exact) mass is 116 g/mol. The maximum absolute atomic E-state index is 4.81. The molecular formula is C6H12O2. The number of hydrogen-bond acceptors (Lipinski definition) is 1. The maximum Gasteiger partial charge on any atom is 0.121 e. The van der Waals surface area contributed by atoms with E-state index in [0.717, 1.165) is 13.0 Å². The van der Waals surface area contributed by atoms with Crippen molar-refractivity contribution in [3.05, 3.63) is 20.6 Å². The van der Waals surface area contributed by atoms with Crippen molar-refractivity contribution in [1.29, 1.82) is 0 Å². The number of aliphatic hydroxyl groups is 2. The van der Waals surface area contributed by atoms with Gasteiger partial charge in [0.25, 0.3) is 0 Å². The van der Waals surface area contributed by atoms with Crippen molar-refractivity contribution >= 4 is 0 Å². The van der Waals surface area contributed by atoms with Gasteiger partial charge in [0.2, 0.25) is 0 Å². The van der Waals surface area contributed by atoms with Crippen LogP contribution in [0.5, 0.6) is 0 Å². The molecule has 0 aromatic rings. The van der Waals surface area contributed by atoms with Crippen LogP contribution < -0.4 is 0 Å². The molecule has 0 aromatic carbocycles. The molecule has 0 amide bonds. The molecule has 0 saturated heterocycles. The standard InChI is InChI=1S/C6H12O2/c1-3-8-6-4-5-7-2/h3,7H,1-2,4-6H2. The Morgan fingerprint density at radius 2 is 2.38 bits per heavy atom. The van der Waals surface area contributed by atoms with Gasteiger partial charge in [-0.3, -0.25) is 0 Å². The minimum Gasteiger partial charge on any atom is -0.582 e. The van der Waals surface area contributed by atoms with Crippen molar-refractivity contribution in [3.8, 4) is 0 Å². The first-order chi connectivity index (χ1) is 3.91. The molecule has 0 aromatic heterocycles. The Balaban J connectivity index is 2.53.